The van der Waals surface area contributed by atoms with Crippen molar-refractivity contribution in [1.29, 1.82) is 0 Å². The Morgan fingerprint density at radius 1 is 1.25 bits per heavy atom. The highest BCUT2D eigenvalue weighted by Crippen LogP contribution is 2.46. The van der Waals surface area contributed by atoms with Crippen LogP contribution in [-0.2, 0) is 4.74 Å². The Labute approximate surface area is 121 Å². The first-order valence-corrected chi connectivity index (χ1v) is 7.43. The van der Waals surface area contributed by atoms with Crippen LogP contribution in [0.25, 0.3) is 5.57 Å². The molecular weight excluding hydrogens is 248 g/mol. The van der Waals surface area contributed by atoms with E-state index in [2.05, 4.69) is 20.4 Å². The summed E-state index contributed by atoms with van der Waals surface area (Å²) in [6.07, 6.45) is 3.71. The number of allylic oxidation sites excluding steroid dienone is 1. The number of benzene rings is 1. The maximum Gasteiger partial charge on any atom is 0.166 e. The molecular formula is C18H24O2. The molecule has 0 saturated heterocycles. The molecule has 1 unspecified atom stereocenters. The molecule has 2 nitrogen and oxygen atoms in total. The van der Waals surface area contributed by atoms with Crippen LogP contribution >= 0.6 is 0 Å². The van der Waals surface area contributed by atoms with Crippen LogP contribution in [0.3, 0.4) is 0 Å². The average Bonchev–Trinajstić information content (AvgIpc) is 2.69. The van der Waals surface area contributed by atoms with E-state index in [0.717, 1.165) is 42.4 Å². The molecule has 1 aliphatic rings. The van der Waals surface area contributed by atoms with Gasteiger partial charge in [-0.1, -0.05) is 51.1 Å². The second-order valence-corrected chi connectivity index (χ2v) is 5.52. The highest BCUT2D eigenvalue weighted by Gasteiger charge is 2.44. The van der Waals surface area contributed by atoms with Crippen molar-refractivity contribution in [3.05, 3.63) is 53.5 Å². The Morgan fingerprint density at radius 2 is 1.95 bits per heavy atom. The summed E-state index contributed by atoms with van der Waals surface area (Å²) in [5.41, 5.74) is 2.34. The maximum absolute atomic E-state index is 10.8. The summed E-state index contributed by atoms with van der Waals surface area (Å²) in [5.74, 6) is 0.947. The molecule has 1 atom stereocenters. The molecule has 2 rings (SSSR count). The Hall–Kier alpha value is -1.70. The third kappa shape index (κ3) is 2.35. The predicted molar refractivity (Wildman–Crippen MR) is 83.5 cm³/mol. The molecule has 1 heterocycles. The fourth-order valence-corrected chi connectivity index (χ4v) is 2.87. The van der Waals surface area contributed by atoms with E-state index in [4.69, 9.17) is 4.74 Å². The van der Waals surface area contributed by atoms with Crippen LogP contribution in [0, 0.1) is 6.92 Å². The third-order valence-electron chi connectivity index (χ3n) is 4.19. The molecule has 0 spiro atoms. The molecule has 0 saturated carbocycles. The van der Waals surface area contributed by atoms with Crippen molar-refractivity contribution in [2.24, 2.45) is 0 Å². The van der Waals surface area contributed by atoms with Crippen molar-refractivity contribution in [3.63, 3.8) is 0 Å². The highest BCUT2D eigenvalue weighted by atomic mass is 16.5. The summed E-state index contributed by atoms with van der Waals surface area (Å²) in [7, 11) is 0. The molecule has 0 fully saturated rings. The fraction of sp³-hybridized carbons (Fsp3) is 0.444. The number of aryl methyl sites for hydroxylation is 1. The summed E-state index contributed by atoms with van der Waals surface area (Å²) in [6, 6.07) is 8.04. The number of rotatable bonds is 5. The van der Waals surface area contributed by atoms with E-state index in [-0.39, 0.29) is 0 Å². The zero-order valence-corrected chi connectivity index (χ0v) is 12.7. The van der Waals surface area contributed by atoms with E-state index in [9.17, 15) is 5.11 Å². The minimum absolute atomic E-state index is 0.354. The molecule has 20 heavy (non-hydrogen) atoms. The van der Waals surface area contributed by atoms with Crippen molar-refractivity contribution >= 4 is 5.57 Å². The van der Waals surface area contributed by atoms with Crippen LogP contribution in [-0.4, -0.2) is 10.7 Å². The van der Waals surface area contributed by atoms with Gasteiger partial charge in [0.2, 0.25) is 0 Å². The van der Waals surface area contributed by atoms with Crippen LogP contribution in [0.15, 0.2) is 42.4 Å². The molecule has 1 aliphatic heterocycles. The Bertz CT molecular complexity index is 542. The number of aliphatic hydroxyl groups excluding tert-OH is 1. The first kappa shape index (κ1) is 14.7. The van der Waals surface area contributed by atoms with Crippen LogP contribution < -0.4 is 0 Å². The lowest BCUT2D eigenvalue weighted by atomic mass is 9.88. The van der Waals surface area contributed by atoms with Crippen molar-refractivity contribution in [3.8, 4) is 0 Å². The van der Waals surface area contributed by atoms with Crippen molar-refractivity contribution in [1.82, 2.24) is 0 Å². The molecule has 0 amide bonds. The maximum atomic E-state index is 10.8. The molecule has 0 aromatic heterocycles. The molecule has 0 aliphatic carbocycles. The quantitative estimate of drug-likeness (QED) is 0.803. The van der Waals surface area contributed by atoms with E-state index in [0.29, 0.717) is 11.5 Å². The molecule has 1 aromatic carbocycles. The molecule has 1 N–H and O–H groups in total. The summed E-state index contributed by atoms with van der Waals surface area (Å²) in [4.78, 5) is 0. The van der Waals surface area contributed by atoms with E-state index in [1.54, 1.807) is 0 Å². The Kier molecular flexibility index (Phi) is 4.22. The fourth-order valence-electron chi connectivity index (χ4n) is 2.87. The summed E-state index contributed by atoms with van der Waals surface area (Å²) < 4.78 is 6.02. The minimum atomic E-state index is -0.579. The van der Waals surface area contributed by atoms with Gasteiger partial charge in [-0.3, -0.25) is 0 Å². The number of hydrogen-bond donors (Lipinski definition) is 1. The van der Waals surface area contributed by atoms with Crippen LogP contribution in [0.2, 0.25) is 0 Å². The SMILES string of the molecule is C=C1OC(CC)(CCCC)C(O)=C1c1ccccc1C. The third-order valence-corrected chi connectivity index (χ3v) is 4.19. The van der Waals surface area contributed by atoms with Gasteiger partial charge in [-0.25, -0.2) is 0 Å². The second-order valence-electron chi connectivity index (χ2n) is 5.52. The lowest BCUT2D eigenvalue weighted by Gasteiger charge is -2.27. The lowest BCUT2D eigenvalue weighted by Crippen LogP contribution is -2.30. The van der Waals surface area contributed by atoms with E-state index in [1.165, 1.54) is 0 Å². The normalized spacial score (nSPS) is 22.2. The number of ether oxygens (including phenoxy) is 1. The van der Waals surface area contributed by atoms with Crippen molar-refractivity contribution in [2.45, 2.75) is 52.1 Å². The number of unbranched alkanes of at least 4 members (excludes halogenated alkanes) is 1. The van der Waals surface area contributed by atoms with Crippen molar-refractivity contribution < 1.29 is 9.84 Å². The Morgan fingerprint density at radius 3 is 2.55 bits per heavy atom. The van der Waals surface area contributed by atoms with Crippen LogP contribution in [0.5, 0.6) is 0 Å². The molecule has 1 aromatic rings. The van der Waals surface area contributed by atoms with Gasteiger partial charge in [0.25, 0.3) is 0 Å². The van der Waals surface area contributed by atoms with Crippen LogP contribution in [0.1, 0.15) is 50.7 Å². The minimum Gasteiger partial charge on any atom is -0.507 e. The zero-order chi connectivity index (χ0) is 14.8. The van der Waals surface area contributed by atoms with Gasteiger partial charge < -0.3 is 9.84 Å². The van der Waals surface area contributed by atoms with E-state index >= 15 is 0 Å². The summed E-state index contributed by atoms with van der Waals surface area (Å²) >= 11 is 0. The van der Waals surface area contributed by atoms with Gasteiger partial charge in [-0.05, 0) is 37.3 Å². The zero-order valence-electron chi connectivity index (χ0n) is 12.7. The standard InChI is InChI=1S/C18H24O2/c1-5-7-12-18(6-2)17(19)16(14(4)20-18)15-11-9-8-10-13(15)3/h8-11,19H,4-7,12H2,1-3H3. The van der Waals surface area contributed by atoms with E-state index < -0.39 is 5.60 Å². The largest absolute Gasteiger partial charge is 0.507 e. The van der Waals surface area contributed by atoms with Gasteiger partial charge in [0.1, 0.15) is 11.5 Å². The number of aliphatic hydroxyl groups is 1. The first-order valence-electron chi connectivity index (χ1n) is 7.43. The van der Waals surface area contributed by atoms with Gasteiger partial charge in [0, 0.05) is 0 Å². The summed E-state index contributed by atoms with van der Waals surface area (Å²) in [6.45, 7) is 10.3. The van der Waals surface area contributed by atoms with Gasteiger partial charge in [0.15, 0.2) is 5.60 Å². The van der Waals surface area contributed by atoms with Gasteiger partial charge >= 0.3 is 0 Å². The first-order chi connectivity index (χ1) is 9.55. The smallest absolute Gasteiger partial charge is 0.166 e. The van der Waals surface area contributed by atoms with Gasteiger partial charge in [-0.2, -0.15) is 0 Å². The highest BCUT2D eigenvalue weighted by molar-refractivity contribution is 5.82. The molecule has 0 radical (unpaired) electrons. The monoisotopic (exact) mass is 272 g/mol. The van der Waals surface area contributed by atoms with Crippen molar-refractivity contribution in [2.75, 3.05) is 0 Å². The second kappa shape index (κ2) is 5.74. The molecule has 0 bridgehead atoms. The Balaban J connectivity index is 2.48. The number of hydrogen-bond acceptors (Lipinski definition) is 2. The summed E-state index contributed by atoms with van der Waals surface area (Å²) in [5, 5.41) is 10.8. The molecule has 2 heteroatoms. The van der Waals surface area contributed by atoms with E-state index in [1.807, 2.05) is 31.2 Å². The van der Waals surface area contributed by atoms with Gasteiger partial charge in [-0.15, -0.1) is 0 Å². The lowest BCUT2D eigenvalue weighted by molar-refractivity contribution is 0.0147. The van der Waals surface area contributed by atoms with Crippen LogP contribution in [0.4, 0.5) is 0 Å². The topological polar surface area (TPSA) is 29.5 Å². The average molecular weight is 272 g/mol. The predicted octanol–water partition coefficient (Wildman–Crippen LogP) is 5.15. The van der Waals surface area contributed by atoms with Gasteiger partial charge in [0.05, 0.1) is 5.57 Å². The molecule has 108 valence electrons.